The van der Waals surface area contributed by atoms with Crippen molar-refractivity contribution < 1.29 is 9.53 Å². The van der Waals surface area contributed by atoms with Crippen molar-refractivity contribution in [2.24, 2.45) is 0 Å². The highest BCUT2D eigenvalue weighted by Gasteiger charge is 2.39. The standard InChI is InChI=1S/C15H22N2O2/c1-5-15(6-2)14(18)16-13-11(17-15)8-7-9-12(13)19-10(3)4/h7-10,17H,5-6H2,1-4H3,(H,16,18). The lowest BCUT2D eigenvalue weighted by Gasteiger charge is -2.38. The van der Waals surface area contributed by atoms with Crippen LogP contribution in [0, 0.1) is 0 Å². The molecule has 0 radical (unpaired) electrons. The van der Waals surface area contributed by atoms with Gasteiger partial charge >= 0.3 is 0 Å². The normalized spacial score (nSPS) is 16.6. The van der Waals surface area contributed by atoms with Crippen LogP contribution in [0.25, 0.3) is 0 Å². The fourth-order valence-electron chi connectivity index (χ4n) is 2.41. The summed E-state index contributed by atoms with van der Waals surface area (Å²) in [5.74, 6) is 0.735. The number of nitrogens with one attached hydrogen (secondary N) is 2. The van der Waals surface area contributed by atoms with E-state index in [1.807, 2.05) is 45.9 Å². The lowest BCUT2D eigenvalue weighted by Crippen LogP contribution is -2.51. The molecule has 0 fully saturated rings. The van der Waals surface area contributed by atoms with Gasteiger partial charge in [-0.1, -0.05) is 19.9 Å². The minimum absolute atomic E-state index is 0.0183. The van der Waals surface area contributed by atoms with Gasteiger partial charge in [-0.2, -0.15) is 0 Å². The summed E-state index contributed by atoms with van der Waals surface area (Å²) in [5, 5.41) is 6.38. The Hall–Kier alpha value is -1.71. The Bertz CT molecular complexity index is 479. The van der Waals surface area contributed by atoms with Crippen LogP contribution in [0.3, 0.4) is 0 Å². The molecule has 1 amide bonds. The molecule has 2 N–H and O–H groups in total. The second-order valence-corrected chi connectivity index (χ2v) is 5.21. The van der Waals surface area contributed by atoms with E-state index in [1.165, 1.54) is 0 Å². The Morgan fingerprint density at radius 1 is 1.26 bits per heavy atom. The van der Waals surface area contributed by atoms with Gasteiger partial charge in [0.15, 0.2) is 0 Å². The Balaban J connectivity index is 2.40. The summed E-state index contributed by atoms with van der Waals surface area (Å²) in [7, 11) is 0. The lowest BCUT2D eigenvalue weighted by atomic mass is 9.89. The minimum atomic E-state index is -0.510. The van der Waals surface area contributed by atoms with Gasteiger partial charge in [-0.15, -0.1) is 0 Å². The third-order valence-electron chi connectivity index (χ3n) is 3.64. The van der Waals surface area contributed by atoms with E-state index in [0.717, 1.165) is 24.2 Å². The Morgan fingerprint density at radius 3 is 2.53 bits per heavy atom. The van der Waals surface area contributed by atoms with Crippen LogP contribution >= 0.6 is 0 Å². The highest BCUT2D eigenvalue weighted by molar-refractivity contribution is 6.07. The van der Waals surface area contributed by atoms with Gasteiger partial charge in [0, 0.05) is 0 Å². The van der Waals surface area contributed by atoms with Crippen LogP contribution in [0.2, 0.25) is 0 Å². The van der Waals surface area contributed by atoms with E-state index in [-0.39, 0.29) is 12.0 Å². The maximum absolute atomic E-state index is 12.3. The Labute approximate surface area is 114 Å². The van der Waals surface area contributed by atoms with E-state index in [2.05, 4.69) is 10.6 Å². The number of fused-ring (bicyclic) bond motifs is 1. The Morgan fingerprint density at radius 2 is 1.95 bits per heavy atom. The molecule has 0 saturated heterocycles. The number of amides is 1. The molecule has 1 aromatic rings. The summed E-state index contributed by atoms with van der Waals surface area (Å²) in [4.78, 5) is 12.3. The highest BCUT2D eigenvalue weighted by Crippen LogP contribution is 2.40. The van der Waals surface area contributed by atoms with Crippen molar-refractivity contribution in [1.82, 2.24) is 0 Å². The molecule has 104 valence electrons. The number of carbonyl (C=O) groups is 1. The van der Waals surface area contributed by atoms with Gasteiger partial charge in [-0.25, -0.2) is 0 Å². The average Bonchev–Trinajstić information content (AvgIpc) is 2.38. The number of rotatable bonds is 4. The molecule has 0 bridgehead atoms. The second-order valence-electron chi connectivity index (χ2n) is 5.21. The van der Waals surface area contributed by atoms with Crippen molar-refractivity contribution in [1.29, 1.82) is 0 Å². The number of carbonyl (C=O) groups excluding carboxylic acids is 1. The van der Waals surface area contributed by atoms with E-state index < -0.39 is 5.54 Å². The number of hydrogen-bond donors (Lipinski definition) is 2. The summed E-state index contributed by atoms with van der Waals surface area (Å²) < 4.78 is 5.74. The van der Waals surface area contributed by atoms with Gasteiger partial charge in [0.2, 0.25) is 5.91 Å². The largest absolute Gasteiger partial charge is 0.489 e. The molecule has 0 aliphatic carbocycles. The minimum Gasteiger partial charge on any atom is -0.489 e. The SMILES string of the molecule is CCC1(CC)Nc2cccc(OC(C)C)c2NC1=O. The maximum Gasteiger partial charge on any atom is 0.250 e. The van der Waals surface area contributed by atoms with Gasteiger partial charge < -0.3 is 15.4 Å². The highest BCUT2D eigenvalue weighted by atomic mass is 16.5. The van der Waals surface area contributed by atoms with Gasteiger partial charge in [-0.3, -0.25) is 4.79 Å². The van der Waals surface area contributed by atoms with Crippen LogP contribution in [0.5, 0.6) is 5.75 Å². The summed E-state index contributed by atoms with van der Waals surface area (Å²) >= 11 is 0. The molecule has 0 spiro atoms. The summed E-state index contributed by atoms with van der Waals surface area (Å²) in [5.41, 5.74) is 1.17. The molecule has 0 aromatic heterocycles. The summed E-state index contributed by atoms with van der Waals surface area (Å²) in [6.07, 6.45) is 1.58. The molecule has 1 aliphatic rings. The number of hydrogen-bond acceptors (Lipinski definition) is 3. The number of para-hydroxylation sites is 1. The summed E-state index contributed by atoms with van der Waals surface area (Å²) in [6, 6.07) is 5.80. The molecule has 19 heavy (non-hydrogen) atoms. The van der Waals surface area contributed by atoms with Crippen LogP contribution < -0.4 is 15.4 Å². The fraction of sp³-hybridized carbons (Fsp3) is 0.533. The van der Waals surface area contributed by atoms with Crippen molar-refractivity contribution in [2.45, 2.75) is 52.2 Å². The predicted octanol–water partition coefficient (Wildman–Crippen LogP) is 3.40. The van der Waals surface area contributed by atoms with E-state index in [1.54, 1.807) is 0 Å². The Kier molecular flexibility index (Phi) is 3.69. The number of ether oxygens (including phenoxy) is 1. The first-order valence-electron chi connectivity index (χ1n) is 6.91. The molecule has 0 atom stereocenters. The quantitative estimate of drug-likeness (QED) is 0.874. The zero-order chi connectivity index (χ0) is 14.0. The van der Waals surface area contributed by atoms with E-state index in [4.69, 9.17) is 4.74 Å². The molecule has 2 rings (SSSR count). The third-order valence-corrected chi connectivity index (χ3v) is 3.64. The molecule has 1 aliphatic heterocycles. The summed E-state index contributed by atoms with van der Waals surface area (Å²) in [6.45, 7) is 7.99. The van der Waals surface area contributed by atoms with Crippen molar-refractivity contribution >= 4 is 17.3 Å². The second kappa shape index (κ2) is 5.11. The van der Waals surface area contributed by atoms with Crippen molar-refractivity contribution in [3.63, 3.8) is 0 Å². The fourth-order valence-corrected chi connectivity index (χ4v) is 2.41. The third kappa shape index (κ3) is 2.39. The predicted molar refractivity (Wildman–Crippen MR) is 77.8 cm³/mol. The first-order valence-corrected chi connectivity index (χ1v) is 6.91. The smallest absolute Gasteiger partial charge is 0.250 e. The van der Waals surface area contributed by atoms with E-state index in [0.29, 0.717) is 5.75 Å². The first kappa shape index (κ1) is 13.7. The van der Waals surface area contributed by atoms with Crippen LogP contribution in [0.4, 0.5) is 11.4 Å². The van der Waals surface area contributed by atoms with E-state index >= 15 is 0 Å². The average molecular weight is 262 g/mol. The van der Waals surface area contributed by atoms with Gasteiger partial charge in [0.05, 0.1) is 11.8 Å². The van der Waals surface area contributed by atoms with Crippen molar-refractivity contribution in [2.75, 3.05) is 10.6 Å². The van der Waals surface area contributed by atoms with Gasteiger partial charge in [0.25, 0.3) is 0 Å². The van der Waals surface area contributed by atoms with Gasteiger partial charge in [-0.05, 0) is 38.8 Å². The van der Waals surface area contributed by atoms with Crippen LogP contribution in [-0.4, -0.2) is 17.6 Å². The maximum atomic E-state index is 12.3. The van der Waals surface area contributed by atoms with E-state index in [9.17, 15) is 4.79 Å². The zero-order valence-corrected chi connectivity index (χ0v) is 12.0. The molecular weight excluding hydrogens is 240 g/mol. The molecule has 1 heterocycles. The van der Waals surface area contributed by atoms with Crippen molar-refractivity contribution in [3.8, 4) is 5.75 Å². The lowest BCUT2D eigenvalue weighted by molar-refractivity contribution is -0.120. The van der Waals surface area contributed by atoms with Crippen LogP contribution in [0.1, 0.15) is 40.5 Å². The molecule has 0 unspecified atom stereocenters. The molecule has 0 saturated carbocycles. The van der Waals surface area contributed by atoms with Crippen LogP contribution in [0.15, 0.2) is 18.2 Å². The topological polar surface area (TPSA) is 50.4 Å². The first-order chi connectivity index (χ1) is 9.02. The van der Waals surface area contributed by atoms with Crippen molar-refractivity contribution in [3.05, 3.63) is 18.2 Å². The van der Waals surface area contributed by atoms with Crippen LogP contribution in [-0.2, 0) is 4.79 Å². The zero-order valence-electron chi connectivity index (χ0n) is 12.0. The molecule has 4 heteroatoms. The molecule has 1 aromatic carbocycles. The number of benzene rings is 1. The molecular formula is C15H22N2O2. The molecule has 4 nitrogen and oxygen atoms in total. The van der Waals surface area contributed by atoms with Gasteiger partial charge in [0.1, 0.15) is 17.0 Å². The number of anilines is 2. The monoisotopic (exact) mass is 262 g/mol.